The summed E-state index contributed by atoms with van der Waals surface area (Å²) in [6.07, 6.45) is 1.33. The quantitative estimate of drug-likeness (QED) is 0.482. The minimum Gasteiger partial charge on any atom is -0.390 e. The summed E-state index contributed by atoms with van der Waals surface area (Å²) in [6.45, 7) is 0. The van der Waals surface area contributed by atoms with Gasteiger partial charge in [-0.1, -0.05) is 48.5 Å². The van der Waals surface area contributed by atoms with Crippen molar-refractivity contribution in [1.29, 1.82) is 0 Å². The zero-order valence-electron chi connectivity index (χ0n) is 17.1. The molecule has 2 N–H and O–H groups in total. The van der Waals surface area contributed by atoms with Gasteiger partial charge in [0.1, 0.15) is 5.01 Å². The van der Waals surface area contributed by atoms with E-state index in [0.29, 0.717) is 16.4 Å². The van der Waals surface area contributed by atoms with Crippen molar-refractivity contribution in [1.82, 2.24) is 15.3 Å². The van der Waals surface area contributed by atoms with Crippen molar-refractivity contribution in [3.63, 3.8) is 0 Å². The molecular formula is C24H17N5O3S. The van der Waals surface area contributed by atoms with E-state index in [0.717, 1.165) is 16.7 Å². The summed E-state index contributed by atoms with van der Waals surface area (Å²) < 4.78 is 5.31. The van der Waals surface area contributed by atoms with Crippen LogP contribution in [0.5, 0.6) is 5.88 Å². The van der Waals surface area contributed by atoms with Gasteiger partial charge >= 0.3 is 6.09 Å². The van der Waals surface area contributed by atoms with E-state index in [9.17, 15) is 9.59 Å². The molecular weight excluding hydrogens is 438 g/mol. The molecule has 0 radical (unpaired) electrons. The Labute approximate surface area is 193 Å². The van der Waals surface area contributed by atoms with Gasteiger partial charge in [-0.2, -0.15) is 0 Å². The zero-order valence-corrected chi connectivity index (χ0v) is 18.0. The van der Waals surface area contributed by atoms with Crippen LogP contribution in [0.3, 0.4) is 0 Å². The van der Waals surface area contributed by atoms with Crippen LogP contribution in [-0.2, 0) is 4.79 Å². The number of hydrogen-bond acceptors (Lipinski definition) is 7. The van der Waals surface area contributed by atoms with Gasteiger partial charge in [-0.05, 0) is 18.2 Å². The first kappa shape index (κ1) is 20.5. The Morgan fingerprint density at radius 2 is 1.79 bits per heavy atom. The van der Waals surface area contributed by atoms with Gasteiger partial charge in [-0.3, -0.25) is 15.1 Å². The fourth-order valence-electron chi connectivity index (χ4n) is 3.34. The first-order valence-corrected chi connectivity index (χ1v) is 10.9. The third-order valence-electron chi connectivity index (χ3n) is 4.84. The third kappa shape index (κ3) is 4.48. The van der Waals surface area contributed by atoms with Crippen LogP contribution in [0.15, 0.2) is 89.5 Å². The number of fused-ring (bicyclic) bond motifs is 1. The molecule has 9 heteroatoms. The minimum absolute atomic E-state index is 0.126. The van der Waals surface area contributed by atoms with Gasteiger partial charge in [-0.15, -0.1) is 11.3 Å². The van der Waals surface area contributed by atoms with Gasteiger partial charge < -0.3 is 10.1 Å². The average Bonchev–Trinajstić information content (AvgIpc) is 3.26. The maximum atomic E-state index is 12.8. The number of benzodiazepines with no additional fused rings is 1. The molecule has 33 heavy (non-hydrogen) atoms. The molecule has 1 aliphatic heterocycles. The molecule has 4 aromatic rings. The SMILES string of the molecule is O=C(N[C@H]1N=C(c2ccccc2)c2ccccc2NC1=O)Oc1csc(-c2cccnc2)n1. The first-order chi connectivity index (χ1) is 16.2. The molecule has 1 atom stereocenters. The molecule has 0 spiro atoms. The van der Waals surface area contributed by atoms with E-state index in [1.165, 1.54) is 11.3 Å². The van der Waals surface area contributed by atoms with Crippen molar-refractivity contribution in [2.45, 2.75) is 6.17 Å². The van der Waals surface area contributed by atoms with Crippen molar-refractivity contribution in [2.75, 3.05) is 5.32 Å². The molecule has 0 unspecified atom stereocenters. The number of rotatable bonds is 4. The number of nitrogens with one attached hydrogen (secondary N) is 2. The van der Waals surface area contributed by atoms with Gasteiger partial charge in [-0.25, -0.2) is 14.8 Å². The summed E-state index contributed by atoms with van der Waals surface area (Å²) in [5.41, 5.74) is 3.60. The Hall–Kier alpha value is -4.37. The highest BCUT2D eigenvalue weighted by molar-refractivity contribution is 7.13. The Morgan fingerprint density at radius 3 is 2.61 bits per heavy atom. The number of aromatic nitrogens is 2. The molecule has 2 amide bonds. The van der Waals surface area contributed by atoms with Crippen molar-refractivity contribution in [2.24, 2.45) is 4.99 Å². The van der Waals surface area contributed by atoms with Crippen LogP contribution in [0.2, 0.25) is 0 Å². The molecule has 0 fully saturated rings. The molecule has 2 aromatic heterocycles. The molecule has 162 valence electrons. The summed E-state index contributed by atoms with van der Waals surface area (Å²) in [6, 6.07) is 20.5. The number of nitrogens with zero attached hydrogens (tertiary/aromatic N) is 3. The molecule has 0 bridgehead atoms. The van der Waals surface area contributed by atoms with E-state index in [-0.39, 0.29) is 5.88 Å². The number of carbonyl (C=O) groups excluding carboxylic acids is 2. The lowest BCUT2D eigenvalue weighted by molar-refractivity contribution is -0.117. The molecule has 2 aromatic carbocycles. The Bertz CT molecular complexity index is 1340. The number of amides is 2. The van der Waals surface area contributed by atoms with E-state index in [1.807, 2.05) is 54.6 Å². The van der Waals surface area contributed by atoms with Gasteiger partial charge in [0.2, 0.25) is 12.0 Å². The minimum atomic E-state index is -1.18. The predicted molar refractivity (Wildman–Crippen MR) is 125 cm³/mol. The standard InChI is InChI=1S/C24H17N5O3S/c30-22-21(29-24(31)32-19-14-33-23(27-19)16-9-6-12-25-13-16)28-20(15-7-2-1-3-8-15)17-10-4-5-11-18(17)26-22/h1-14,21H,(H,26,30)(H,29,31)/t21-/m1/s1. The third-order valence-corrected chi connectivity index (χ3v) is 5.71. The zero-order chi connectivity index (χ0) is 22.6. The second-order valence-electron chi connectivity index (χ2n) is 7.05. The van der Waals surface area contributed by atoms with Crippen LogP contribution in [0.4, 0.5) is 10.5 Å². The summed E-state index contributed by atoms with van der Waals surface area (Å²) in [5.74, 6) is -0.347. The topological polar surface area (TPSA) is 106 Å². The smallest absolute Gasteiger partial charge is 0.390 e. The molecule has 0 aliphatic carbocycles. The van der Waals surface area contributed by atoms with E-state index in [2.05, 4.69) is 25.6 Å². The van der Waals surface area contributed by atoms with E-state index >= 15 is 0 Å². The maximum Gasteiger partial charge on any atom is 0.416 e. The summed E-state index contributed by atoms with van der Waals surface area (Å²) in [5, 5.41) is 7.63. The number of anilines is 1. The number of benzene rings is 2. The maximum absolute atomic E-state index is 12.8. The number of aliphatic imine (C=N–C) groups is 1. The monoisotopic (exact) mass is 455 g/mol. The Kier molecular flexibility index (Phi) is 5.61. The summed E-state index contributed by atoms with van der Waals surface area (Å²) in [4.78, 5) is 38.3. The van der Waals surface area contributed by atoms with Crippen LogP contribution < -0.4 is 15.4 Å². The number of thiazole rings is 1. The summed E-state index contributed by atoms with van der Waals surface area (Å²) in [7, 11) is 0. The predicted octanol–water partition coefficient (Wildman–Crippen LogP) is 4.11. The van der Waals surface area contributed by atoms with Crippen LogP contribution in [0, 0.1) is 0 Å². The number of pyridine rings is 1. The molecule has 0 saturated carbocycles. The van der Waals surface area contributed by atoms with Crippen molar-refractivity contribution < 1.29 is 14.3 Å². The highest BCUT2D eigenvalue weighted by Gasteiger charge is 2.27. The molecule has 5 rings (SSSR count). The highest BCUT2D eigenvalue weighted by atomic mass is 32.1. The lowest BCUT2D eigenvalue weighted by Crippen LogP contribution is -2.43. The van der Waals surface area contributed by atoms with Gasteiger partial charge in [0.05, 0.1) is 16.8 Å². The second kappa shape index (κ2) is 9.01. The lowest BCUT2D eigenvalue weighted by Gasteiger charge is -2.12. The van der Waals surface area contributed by atoms with Crippen LogP contribution in [-0.4, -0.2) is 33.8 Å². The fraction of sp³-hybridized carbons (Fsp3) is 0.0417. The van der Waals surface area contributed by atoms with Gasteiger partial charge in [0, 0.05) is 29.1 Å². The number of para-hydroxylation sites is 1. The van der Waals surface area contributed by atoms with Crippen molar-refractivity contribution in [3.05, 3.63) is 95.6 Å². The Balaban J connectivity index is 1.38. The number of ether oxygens (including phenoxy) is 1. The van der Waals surface area contributed by atoms with Gasteiger partial charge in [0.15, 0.2) is 0 Å². The Morgan fingerprint density at radius 1 is 1.00 bits per heavy atom. The molecule has 3 heterocycles. The van der Waals surface area contributed by atoms with E-state index in [1.54, 1.807) is 29.9 Å². The first-order valence-electron chi connectivity index (χ1n) is 10.0. The fourth-order valence-corrected chi connectivity index (χ4v) is 4.06. The summed E-state index contributed by atoms with van der Waals surface area (Å²) >= 11 is 1.32. The average molecular weight is 455 g/mol. The lowest BCUT2D eigenvalue weighted by atomic mass is 10.0. The molecule has 1 aliphatic rings. The molecule has 8 nitrogen and oxygen atoms in total. The van der Waals surface area contributed by atoms with E-state index in [4.69, 9.17) is 4.74 Å². The highest BCUT2D eigenvalue weighted by Crippen LogP contribution is 2.27. The van der Waals surface area contributed by atoms with Crippen molar-refractivity contribution >= 4 is 34.7 Å². The van der Waals surface area contributed by atoms with Crippen LogP contribution in [0.1, 0.15) is 11.1 Å². The number of carbonyl (C=O) groups is 2. The van der Waals surface area contributed by atoms with E-state index < -0.39 is 18.2 Å². The number of hydrogen-bond donors (Lipinski definition) is 2. The second-order valence-corrected chi connectivity index (χ2v) is 7.91. The van der Waals surface area contributed by atoms with Crippen LogP contribution in [0.25, 0.3) is 10.6 Å². The van der Waals surface area contributed by atoms with Crippen LogP contribution >= 0.6 is 11.3 Å². The molecule has 0 saturated heterocycles. The normalized spacial score (nSPS) is 15.0. The van der Waals surface area contributed by atoms with Crippen molar-refractivity contribution in [3.8, 4) is 16.5 Å². The largest absolute Gasteiger partial charge is 0.416 e. The van der Waals surface area contributed by atoms with Gasteiger partial charge in [0.25, 0.3) is 5.91 Å².